The third-order valence-corrected chi connectivity index (χ3v) is 3.46. The average Bonchev–Trinajstić information content (AvgIpc) is 2.45. The molecular formula is C14H13Cl2N3O2. The SMILES string of the molecule is NC(=O)c1cnccc1NCC(O)c1ccc(Cl)cc1Cl. The molecule has 1 amide bonds. The Kier molecular flexibility index (Phi) is 5.01. The Balaban J connectivity index is 2.11. The van der Waals surface area contributed by atoms with Crippen molar-refractivity contribution in [3.63, 3.8) is 0 Å². The van der Waals surface area contributed by atoms with Crippen molar-refractivity contribution in [2.75, 3.05) is 11.9 Å². The minimum atomic E-state index is -0.858. The number of nitrogens with zero attached hydrogens (tertiary/aromatic N) is 1. The molecule has 0 saturated heterocycles. The smallest absolute Gasteiger partial charge is 0.252 e. The molecule has 5 nitrogen and oxygen atoms in total. The summed E-state index contributed by atoms with van der Waals surface area (Å²) in [6.45, 7) is 0.158. The van der Waals surface area contributed by atoms with Crippen molar-refractivity contribution in [2.45, 2.75) is 6.10 Å². The van der Waals surface area contributed by atoms with Crippen LogP contribution in [0.2, 0.25) is 10.0 Å². The van der Waals surface area contributed by atoms with Crippen molar-refractivity contribution in [3.8, 4) is 0 Å². The van der Waals surface area contributed by atoms with E-state index >= 15 is 0 Å². The van der Waals surface area contributed by atoms with E-state index in [-0.39, 0.29) is 12.1 Å². The molecule has 4 N–H and O–H groups in total. The second-order valence-electron chi connectivity index (χ2n) is 4.35. The summed E-state index contributed by atoms with van der Waals surface area (Å²) in [5.41, 5.74) is 6.56. The first kappa shape index (κ1) is 15.6. The van der Waals surface area contributed by atoms with Crippen LogP contribution in [0, 0.1) is 0 Å². The minimum absolute atomic E-state index is 0.158. The molecule has 1 unspecified atom stereocenters. The lowest BCUT2D eigenvalue weighted by Crippen LogP contribution is -2.18. The van der Waals surface area contributed by atoms with Crippen molar-refractivity contribution in [3.05, 3.63) is 57.8 Å². The maximum atomic E-state index is 11.3. The normalized spacial score (nSPS) is 12.0. The molecule has 21 heavy (non-hydrogen) atoms. The number of aliphatic hydroxyl groups is 1. The van der Waals surface area contributed by atoms with Gasteiger partial charge in [-0.25, -0.2) is 0 Å². The molecule has 0 bridgehead atoms. The van der Waals surface area contributed by atoms with Gasteiger partial charge in [0.25, 0.3) is 5.91 Å². The van der Waals surface area contributed by atoms with Gasteiger partial charge in [0.15, 0.2) is 0 Å². The van der Waals surface area contributed by atoms with Gasteiger partial charge in [0.1, 0.15) is 0 Å². The maximum Gasteiger partial charge on any atom is 0.252 e. The van der Waals surface area contributed by atoms with Gasteiger partial charge in [0, 0.05) is 34.5 Å². The van der Waals surface area contributed by atoms with E-state index in [1.165, 1.54) is 12.4 Å². The largest absolute Gasteiger partial charge is 0.387 e. The van der Waals surface area contributed by atoms with Crippen LogP contribution in [0.3, 0.4) is 0 Å². The van der Waals surface area contributed by atoms with Gasteiger partial charge in [-0.05, 0) is 18.2 Å². The molecule has 2 rings (SSSR count). The van der Waals surface area contributed by atoms with Gasteiger partial charge in [-0.3, -0.25) is 9.78 Å². The van der Waals surface area contributed by atoms with E-state index in [1.54, 1.807) is 24.3 Å². The summed E-state index contributed by atoms with van der Waals surface area (Å²) in [7, 11) is 0. The zero-order valence-electron chi connectivity index (χ0n) is 10.9. The van der Waals surface area contributed by atoms with Crippen LogP contribution in [0.1, 0.15) is 22.0 Å². The molecule has 1 heterocycles. The van der Waals surface area contributed by atoms with Gasteiger partial charge in [-0.2, -0.15) is 0 Å². The molecule has 2 aromatic rings. The lowest BCUT2D eigenvalue weighted by atomic mass is 10.1. The lowest BCUT2D eigenvalue weighted by Gasteiger charge is -2.15. The van der Waals surface area contributed by atoms with Crippen LogP contribution in [0.4, 0.5) is 5.69 Å². The fourth-order valence-corrected chi connectivity index (χ4v) is 2.37. The third-order valence-electron chi connectivity index (χ3n) is 2.89. The first-order chi connectivity index (χ1) is 9.99. The topological polar surface area (TPSA) is 88.2 Å². The minimum Gasteiger partial charge on any atom is -0.387 e. The number of aromatic nitrogens is 1. The number of carbonyl (C=O) groups is 1. The first-order valence-corrected chi connectivity index (χ1v) is 6.85. The van der Waals surface area contributed by atoms with Gasteiger partial charge in [0.05, 0.1) is 17.4 Å². The Morgan fingerprint density at radius 3 is 2.81 bits per heavy atom. The fourth-order valence-electron chi connectivity index (χ4n) is 1.83. The van der Waals surface area contributed by atoms with Crippen molar-refractivity contribution in [1.29, 1.82) is 0 Å². The Labute approximate surface area is 131 Å². The van der Waals surface area contributed by atoms with Gasteiger partial charge < -0.3 is 16.2 Å². The van der Waals surface area contributed by atoms with E-state index in [4.69, 9.17) is 28.9 Å². The molecule has 0 radical (unpaired) electrons. The highest BCUT2D eigenvalue weighted by Crippen LogP contribution is 2.26. The number of carbonyl (C=O) groups excluding carboxylic acids is 1. The summed E-state index contributed by atoms with van der Waals surface area (Å²) in [5.74, 6) is -0.593. The van der Waals surface area contributed by atoms with E-state index in [0.29, 0.717) is 21.3 Å². The van der Waals surface area contributed by atoms with E-state index in [1.807, 2.05) is 0 Å². The van der Waals surface area contributed by atoms with Crippen LogP contribution < -0.4 is 11.1 Å². The number of nitrogens with two attached hydrogens (primary N) is 1. The number of nitrogens with one attached hydrogen (secondary N) is 1. The molecule has 1 aromatic carbocycles. The number of hydrogen-bond acceptors (Lipinski definition) is 4. The van der Waals surface area contributed by atoms with Crippen molar-refractivity contribution in [1.82, 2.24) is 4.98 Å². The Morgan fingerprint density at radius 1 is 1.38 bits per heavy atom. The summed E-state index contributed by atoms with van der Waals surface area (Å²) < 4.78 is 0. The molecule has 1 atom stereocenters. The molecule has 0 saturated carbocycles. The van der Waals surface area contributed by atoms with Crippen LogP contribution in [0.25, 0.3) is 0 Å². The number of halogens is 2. The van der Waals surface area contributed by atoms with Crippen LogP contribution >= 0.6 is 23.2 Å². The monoisotopic (exact) mass is 325 g/mol. The van der Waals surface area contributed by atoms with E-state index in [9.17, 15) is 9.90 Å². The molecule has 0 aliphatic heterocycles. The van der Waals surface area contributed by atoms with Gasteiger partial charge in [0.2, 0.25) is 0 Å². The summed E-state index contributed by atoms with van der Waals surface area (Å²) in [4.78, 5) is 15.1. The van der Waals surface area contributed by atoms with Crippen LogP contribution in [-0.2, 0) is 0 Å². The molecule has 0 fully saturated rings. The summed E-state index contributed by atoms with van der Waals surface area (Å²) in [6, 6.07) is 6.46. The van der Waals surface area contributed by atoms with Crippen molar-refractivity contribution in [2.24, 2.45) is 5.73 Å². The number of amides is 1. The number of benzene rings is 1. The Morgan fingerprint density at radius 2 is 2.14 bits per heavy atom. The Hall–Kier alpha value is -1.82. The summed E-state index contributed by atoms with van der Waals surface area (Å²) in [6.07, 6.45) is 2.03. The molecule has 7 heteroatoms. The van der Waals surface area contributed by atoms with Crippen LogP contribution in [0.15, 0.2) is 36.7 Å². The maximum absolute atomic E-state index is 11.3. The molecule has 110 valence electrons. The highest BCUT2D eigenvalue weighted by molar-refractivity contribution is 6.35. The number of hydrogen-bond donors (Lipinski definition) is 3. The average molecular weight is 326 g/mol. The number of primary amides is 1. The van der Waals surface area contributed by atoms with E-state index in [2.05, 4.69) is 10.3 Å². The molecular weight excluding hydrogens is 313 g/mol. The highest BCUT2D eigenvalue weighted by atomic mass is 35.5. The number of aliphatic hydroxyl groups excluding tert-OH is 1. The van der Waals surface area contributed by atoms with E-state index < -0.39 is 12.0 Å². The summed E-state index contributed by atoms with van der Waals surface area (Å²) >= 11 is 11.8. The summed E-state index contributed by atoms with van der Waals surface area (Å²) in [5, 5.41) is 14.0. The van der Waals surface area contributed by atoms with Crippen molar-refractivity contribution < 1.29 is 9.90 Å². The van der Waals surface area contributed by atoms with Crippen molar-refractivity contribution >= 4 is 34.8 Å². The number of anilines is 1. The lowest BCUT2D eigenvalue weighted by molar-refractivity contribution is 0.100. The zero-order chi connectivity index (χ0) is 15.4. The predicted molar refractivity (Wildman–Crippen MR) is 82.7 cm³/mol. The standard InChI is InChI=1S/C14H13Cl2N3O2/c15-8-1-2-9(11(16)5-8)13(20)7-19-12-3-4-18-6-10(12)14(17)21/h1-6,13,20H,7H2,(H2,17,21)(H,18,19). The predicted octanol–water partition coefficient (Wildman–Crippen LogP) is 2.63. The van der Waals surface area contributed by atoms with Crippen LogP contribution in [-0.4, -0.2) is 22.5 Å². The van der Waals surface area contributed by atoms with Gasteiger partial charge in [-0.15, -0.1) is 0 Å². The number of rotatable bonds is 5. The molecule has 0 spiro atoms. The van der Waals surface area contributed by atoms with E-state index in [0.717, 1.165) is 0 Å². The number of pyridine rings is 1. The quantitative estimate of drug-likeness (QED) is 0.788. The van der Waals surface area contributed by atoms with Gasteiger partial charge >= 0.3 is 0 Å². The van der Waals surface area contributed by atoms with Crippen LogP contribution in [0.5, 0.6) is 0 Å². The third kappa shape index (κ3) is 3.85. The molecule has 1 aromatic heterocycles. The molecule has 0 aliphatic rings. The fraction of sp³-hybridized carbons (Fsp3) is 0.143. The molecule has 0 aliphatic carbocycles. The second kappa shape index (κ2) is 6.76. The Bertz CT molecular complexity index is 664. The first-order valence-electron chi connectivity index (χ1n) is 6.09. The van der Waals surface area contributed by atoms with Gasteiger partial charge in [-0.1, -0.05) is 29.3 Å². The zero-order valence-corrected chi connectivity index (χ0v) is 12.4. The highest BCUT2D eigenvalue weighted by Gasteiger charge is 2.14. The second-order valence-corrected chi connectivity index (χ2v) is 5.19.